The number of rotatable bonds is 8. The van der Waals surface area contributed by atoms with Crippen LogP contribution in [-0.4, -0.2) is 75.7 Å². The van der Waals surface area contributed by atoms with Crippen LogP contribution in [0.5, 0.6) is 17.2 Å². The summed E-state index contributed by atoms with van der Waals surface area (Å²) < 4.78 is 21.4. The number of hydrogen-bond donors (Lipinski definition) is 1. The van der Waals surface area contributed by atoms with Crippen molar-refractivity contribution in [2.45, 2.75) is 13.3 Å². The summed E-state index contributed by atoms with van der Waals surface area (Å²) >= 11 is 0. The van der Waals surface area contributed by atoms with Gasteiger partial charge in [0.05, 0.1) is 21.3 Å². The van der Waals surface area contributed by atoms with Gasteiger partial charge in [-0.15, -0.1) is 0 Å². The molecule has 0 atom stereocenters. The van der Waals surface area contributed by atoms with E-state index in [9.17, 15) is 9.59 Å². The highest BCUT2D eigenvalue weighted by Gasteiger charge is 2.24. The molecule has 0 radical (unpaired) electrons. The van der Waals surface area contributed by atoms with E-state index in [1.165, 1.54) is 21.3 Å². The maximum absolute atomic E-state index is 12.5. The van der Waals surface area contributed by atoms with Gasteiger partial charge in [0.2, 0.25) is 11.7 Å². The van der Waals surface area contributed by atoms with E-state index in [0.29, 0.717) is 67.8 Å². The molecule has 1 aromatic heterocycles. The van der Waals surface area contributed by atoms with Gasteiger partial charge in [-0.2, -0.15) is 0 Å². The van der Waals surface area contributed by atoms with E-state index in [0.717, 1.165) is 5.76 Å². The van der Waals surface area contributed by atoms with E-state index in [1.807, 2.05) is 6.92 Å². The van der Waals surface area contributed by atoms with Crippen LogP contribution in [0.4, 0.5) is 5.69 Å². The number of piperazine rings is 1. The first kappa shape index (κ1) is 22.5. The molecule has 0 spiro atoms. The van der Waals surface area contributed by atoms with Crippen LogP contribution >= 0.6 is 0 Å². The van der Waals surface area contributed by atoms with Gasteiger partial charge in [-0.25, -0.2) is 0 Å². The number of furan rings is 1. The van der Waals surface area contributed by atoms with Crippen LogP contribution < -0.4 is 19.5 Å². The third kappa shape index (κ3) is 5.49. The SMILES string of the molecule is COc1cc(NC(=O)CCN2CCN(C(=O)c3ccc(C)o3)CC2)cc(OC)c1OC. The van der Waals surface area contributed by atoms with Crippen molar-refractivity contribution in [3.63, 3.8) is 0 Å². The molecule has 31 heavy (non-hydrogen) atoms. The van der Waals surface area contributed by atoms with Crippen molar-refractivity contribution in [3.8, 4) is 17.2 Å². The van der Waals surface area contributed by atoms with Gasteiger partial charge in [-0.3, -0.25) is 14.5 Å². The zero-order valence-corrected chi connectivity index (χ0v) is 18.4. The molecule has 0 bridgehead atoms. The van der Waals surface area contributed by atoms with Crippen molar-refractivity contribution in [1.82, 2.24) is 9.80 Å². The maximum atomic E-state index is 12.5. The third-order valence-corrected chi connectivity index (χ3v) is 5.21. The zero-order chi connectivity index (χ0) is 22.4. The Morgan fingerprint density at radius 3 is 2.16 bits per heavy atom. The minimum Gasteiger partial charge on any atom is -0.493 e. The smallest absolute Gasteiger partial charge is 0.289 e. The molecule has 1 aromatic carbocycles. The molecule has 2 amide bonds. The lowest BCUT2D eigenvalue weighted by molar-refractivity contribution is -0.116. The average molecular weight is 431 g/mol. The standard InChI is InChI=1S/C22H29N3O6/c1-15-5-6-17(31-15)22(27)25-11-9-24(10-12-25)8-7-20(26)23-16-13-18(28-2)21(30-4)19(14-16)29-3/h5-6,13-14H,7-12H2,1-4H3,(H,23,26). The number of carbonyl (C=O) groups is 2. The van der Waals surface area contributed by atoms with Gasteiger partial charge in [0.15, 0.2) is 17.3 Å². The summed E-state index contributed by atoms with van der Waals surface area (Å²) in [7, 11) is 4.59. The molecule has 168 valence electrons. The van der Waals surface area contributed by atoms with Crippen LogP contribution in [0.3, 0.4) is 0 Å². The van der Waals surface area contributed by atoms with Crippen LogP contribution in [0, 0.1) is 6.92 Å². The number of anilines is 1. The zero-order valence-electron chi connectivity index (χ0n) is 18.4. The van der Waals surface area contributed by atoms with Crippen molar-refractivity contribution in [2.75, 3.05) is 59.4 Å². The second-order valence-corrected chi connectivity index (χ2v) is 7.26. The summed E-state index contributed by atoms with van der Waals surface area (Å²) in [5.74, 6) is 2.32. The van der Waals surface area contributed by atoms with Crippen LogP contribution in [-0.2, 0) is 4.79 Å². The highest BCUT2D eigenvalue weighted by Crippen LogP contribution is 2.39. The molecule has 1 aliphatic heterocycles. The van der Waals surface area contributed by atoms with Crippen molar-refractivity contribution in [1.29, 1.82) is 0 Å². The molecule has 1 aliphatic rings. The van der Waals surface area contributed by atoms with Gasteiger partial charge >= 0.3 is 0 Å². The number of aryl methyl sites for hydroxylation is 1. The number of amides is 2. The average Bonchev–Trinajstić information content (AvgIpc) is 3.23. The number of nitrogens with one attached hydrogen (secondary N) is 1. The summed E-state index contributed by atoms with van der Waals surface area (Å²) in [6.45, 7) is 5.06. The molecule has 9 heteroatoms. The highest BCUT2D eigenvalue weighted by molar-refractivity contribution is 5.92. The van der Waals surface area contributed by atoms with Crippen molar-refractivity contribution in [3.05, 3.63) is 35.8 Å². The summed E-state index contributed by atoms with van der Waals surface area (Å²) in [4.78, 5) is 28.9. The lowest BCUT2D eigenvalue weighted by Crippen LogP contribution is -2.49. The molecule has 9 nitrogen and oxygen atoms in total. The topological polar surface area (TPSA) is 93.5 Å². The second-order valence-electron chi connectivity index (χ2n) is 7.26. The molecule has 0 saturated carbocycles. The van der Waals surface area contributed by atoms with Gasteiger partial charge in [-0.05, 0) is 19.1 Å². The van der Waals surface area contributed by atoms with E-state index in [1.54, 1.807) is 29.2 Å². The van der Waals surface area contributed by atoms with Crippen molar-refractivity contribution >= 4 is 17.5 Å². The predicted octanol–water partition coefficient (Wildman–Crippen LogP) is 2.40. The Morgan fingerprint density at radius 1 is 1.00 bits per heavy atom. The largest absolute Gasteiger partial charge is 0.493 e. The minimum atomic E-state index is -0.112. The Bertz CT molecular complexity index is 893. The van der Waals surface area contributed by atoms with Crippen molar-refractivity contribution in [2.24, 2.45) is 0 Å². The first-order valence-corrected chi connectivity index (χ1v) is 10.1. The van der Waals surface area contributed by atoms with Crippen LogP contribution in [0.1, 0.15) is 22.7 Å². The molecule has 0 aliphatic carbocycles. The summed E-state index contributed by atoms with van der Waals surface area (Å²) in [6, 6.07) is 6.88. The maximum Gasteiger partial charge on any atom is 0.289 e. The van der Waals surface area contributed by atoms with E-state index in [2.05, 4.69) is 10.2 Å². The Kier molecular flexibility index (Phi) is 7.41. The van der Waals surface area contributed by atoms with Gasteiger partial charge in [0.1, 0.15) is 5.76 Å². The van der Waals surface area contributed by atoms with Gasteiger partial charge in [0.25, 0.3) is 5.91 Å². The molecule has 0 unspecified atom stereocenters. The lowest BCUT2D eigenvalue weighted by Gasteiger charge is -2.34. The second kappa shape index (κ2) is 10.2. The van der Waals surface area contributed by atoms with Crippen LogP contribution in [0.15, 0.2) is 28.7 Å². The fraction of sp³-hybridized carbons (Fsp3) is 0.455. The Labute approximate surface area is 181 Å². The summed E-state index contributed by atoms with van der Waals surface area (Å²) in [5, 5.41) is 2.87. The van der Waals surface area contributed by atoms with E-state index < -0.39 is 0 Å². The molecule has 1 N–H and O–H groups in total. The van der Waals surface area contributed by atoms with Crippen LogP contribution in [0.25, 0.3) is 0 Å². The van der Waals surface area contributed by atoms with E-state index in [-0.39, 0.29) is 11.8 Å². The van der Waals surface area contributed by atoms with Crippen LogP contribution in [0.2, 0.25) is 0 Å². The Hall–Kier alpha value is -3.20. The third-order valence-electron chi connectivity index (χ3n) is 5.21. The van der Waals surface area contributed by atoms with E-state index in [4.69, 9.17) is 18.6 Å². The Balaban J connectivity index is 1.48. The minimum absolute atomic E-state index is 0.0899. The number of carbonyl (C=O) groups excluding carboxylic acids is 2. The number of methoxy groups -OCH3 is 3. The fourth-order valence-corrected chi connectivity index (χ4v) is 3.52. The van der Waals surface area contributed by atoms with Gasteiger partial charge in [-0.1, -0.05) is 0 Å². The lowest BCUT2D eigenvalue weighted by atomic mass is 10.2. The summed E-state index contributed by atoms with van der Waals surface area (Å²) in [6.07, 6.45) is 0.335. The first-order valence-electron chi connectivity index (χ1n) is 10.1. The first-order chi connectivity index (χ1) is 14.9. The predicted molar refractivity (Wildman–Crippen MR) is 115 cm³/mol. The highest BCUT2D eigenvalue weighted by atomic mass is 16.5. The number of ether oxygens (including phenoxy) is 3. The molecular weight excluding hydrogens is 402 g/mol. The van der Waals surface area contributed by atoms with E-state index >= 15 is 0 Å². The number of hydrogen-bond acceptors (Lipinski definition) is 7. The molecule has 1 saturated heterocycles. The molecule has 2 aromatic rings. The van der Waals surface area contributed by atoms with Gasteiger partial charge in [0, 0.05) is 57.0 Å². The molecular formula is C22H29N3O6. The quantitative estimate of drug-likeness (QED) is 0.686. The normalized spacial score (nSPS) is 14.3. The van der Waals surface area contributed by atoms with Crippen molar-refractivity contribution < 1.29 is 28.2 Å². The number of benzene rings is 1. The fourth-order valence-electron chi connectivity index (χ4n) is 3.52. The molecule has 1 fully saturated rings. The Morgan fingerprint density at radius 2 is 1.65 bits per heavy atom. The molecule has 2 heterocycles. The van der Waals surface area contributed by atoms with Gasteiger partial charge < -0.3 is 28.8 Å². The molecule has 3 rings (SSSR count). The summed E-state index contributed by atoms with van der Waals surface area (Å²) in [5.41, 5.74) is 0.573. The number of nitrogens with zero attached hydrogens (tertiary/aromatic N) is 2. The monoisotopic (exact) mass is 431 g/mol.